The molecule has 0 saturated carbocycles. The molecule has 0 atom stereocenters. The Hall–Kier alpha value is -2.04. The second-order valence-electron chi connectivity index (χ2n) is 4.86. The first-order valence-electron chi connectivity index (χ1n) is 6.28. The Morgan fingerprint density at radius 1 is 1.32 bits per heavy atom. The van der Waals surface area contributed by atoms with Crippen molar-refractivity contribution in [1.29, 1.82) is 0 Å². The molecule has 0 bridgehead atoms. The van der Waals surface area contributed by atoms with Gasteiger partial charge in [0, 0.05) is 6.42 Å². The maximum absolute atomic E-state index is 12.1. The van der Waals surface area contributed by atoms with Gasteiger partial charge in [-0.3, -0.25) is 14.5 Å². The number of hydrogen-bond donors (Lipinski definition) is 2. The molecule has 0 radical (unpaired) electrons. The highest BCUT2D eigenvalue weighted by molar-refractivity contribution is 5.99. The first-order chi connectivity index (χ1) is 8.91. The van der Waals surface area contributed by atoms with Crippen LogP contribution in [0.15, 0.2) is 24.3 Å². The Morgan fingerprint density at radius 2 is 1.95 bits per heavy atom. The maximum atomic E-state index is 12.1. The second kappa shape index (κ2) is 6.78. The lowest BCUT2D eigenvalue weighted by Gasteiger charge is -2.22. The third-order valence-corrected chi connectivity index (χ3v) is 2.76. The normalized spacial score (nSPS) is 10.5. The van der Waals surface area contributed by atoms with E-state index in [-0.39, 0.29) is 12.5 Å². The molecule has 0 aromatic heterocycles. The number of nitrogen functional groups attached to an aromatic ring is 1. The van der Waals surface area contributed by atoms with Gasteiger partial charge in [-0.25, -0.2) is 0 Å². The van der Waals surface area contributed by atoms with Crippen LogP contribution >= 0.6 is 0 Å². The summed E-state index contributed by atoms with van der Waals surface area (Å²) in [6, 6.07) is 6.79. The second-order valence-corrected chi connectivity index (χ2v) is 4.86. The zero-order valence-corrected chi connectivity index (χ0v) is 11.3. The van der Waals surface area contributed by atoms with Crippen molar-refractivity contribution in [3.05, 3.63) is 24.3 Å². The van der Waals surface area contributed by atoms with Crippen molar-refractivity contribution in [2.24, 2.45) is 5.92 Å². The Bertz CT molecular complexity index is 458. The molecule has 0 aliphatic carbocycles. The largest absolute Gasteiger partial charge is 0.480 e. The predicted octanol–water partition coefficient (Wildman–Crippen LogP) is 2.12. The number of aliphatic carboxylic acids is 1. The fraction of sp³-hybridized carbons (Fsp3) is 0.429. The van der Waals surface area contributed by atoms with E-state index in [1.165, 1.54) is 4.90 Å². The highest BCUT2D eigenvalue weighted by Gasteiger charge is 2.20. The van der Waals surface area contributed by atoms with Gasteiger partial charge in [0.15, 0.2) is 0 Å². The zero-order chi connectivity index (χ0) is 14.4. The highest BCUT2D eigenvalue weighted by atomic mass is 16.4. The number of carbonyl (C=O) groups excluding carboxylic acids is 1. The number of rotatable bonds is 6. The number of anilines is 2. The van der Waals surface area contributed by atoms with Crippen molar-refractivity contribution in [2.75, 3.05) is 17.2 Å². The van der Waals surface area contributed by atoms with Crippen molar-refractivity contribution in [1.82, 2.24) is 0 Å². The summed E-state index contributed by atoms with van der Waals surface area (Å²) in [5.74, 6) is -0.876. The summed E-state index contributed by atoms with van der Waals surface area (Å²) >= 11 is 0. The summed E-state index contributed by atoms with van der Waals surface area (Å²) in [4.78, 5) is 24.3. The average Bonchev–Trinajstić information content (AvgIpc) is 2.33. The molecule has 0 aliphatic rings. The molecule has 1 aromatic rings. The smallest absolute Gasteiger partial charge is 0.323 e. The van der Waals surface area contributed by atoms with Crippen LogP contribution in [-0.2, 0) is 9.59 Å². The van der Waals surface area contributed by atoms with Gasteiger partial charge in [0.05, 0.1) is 11.4 Å². The van der Waals surface area contributed by atoms with E-state index < -0.39 is 5.97 Å². The molecular formula is C14H20N2O3. The van der Waals surface area contributed by atoms with Crippen LogP contribution in [0.4, 0.5) is 11.4 Å². The minimum absolute atomic E-state index is 0.214. The molecule has 3 N–H and O–H groups in total. The van der Waals surface area contributed by atoms with E-state index >= 15 is 0 Å². The maximum Gasteiger partial charge on any atom is 0.323 e. The van der Waals surface area contributed by atoms with Crippen molar-refractivity contribution in [3.63, 3.8) is 0 Å². The predicted molar refractivity (Wildman–Crippen MR) is 74.9 cm³/mol. The lowest BCUT2D eigenvalue weighted by atomic mass is 10.1. The minimum atomic E-state index is -1.05. The van der Waals surface area contributed by atoms with E-state index in [0.717, 1.165) is 6.42 Å². The number of carbonyl (C=O) groups is 2. The molecule has 104 valence electrons. The Kier molecular flexibility index (Phi) is 5.36. The van der Waals surface area contributed by atoms with E-state index in [9.17, 15) is 9.59 Å². The van der Waals surface area contributed by atoms with Crippen LogP contribution < -0.4 is 10.6 Å². The minimum Gasteiger partial charge on any atom is -0.480 e. The molecule has 1 rings (SSSR count). The van der Waals surface area contributed by atoms with Crippen LogP contribution in [0.5, 0.6) is 0 Å². The quantitative estimate of drug-likeness (QED) is 0.771. The topological polar surface area (TPSA) is 83.6 Å². The number of nitrogens with two attached hydrogens (primary N) is 1. The highest BCUT2D eigenvalue weighted by Crippen LogP contribution is 2.23. The van der Waals surface area contributed by atoms with Gasteiger partial charge in [0.2, 0.25) is 5.91 Å². The molecule has 0 unspecified atom stereocenters. The van der Waals surface area contributed by atoms with Crippen LogP contribution in [0.3, 0.4) is 0 Å². The first-order valence-corrected chi connectivity index (χ1v) is 6.28. The van der Waals surface area contributed by atoms with E-state index in [4.69, 9.17) is 10.8 Å². The summed E-state index contributed by atoms with van der Waals surface area (Å²) < 4.78 is 0. The van der Waals surface area contributed by atoms with Crippen LogP contribution in [0, 0.1) is 5.92 Å². The molecule has 19 heavy (non-hydrogen) atoms. The van der Waals surface area contributed by atoms with Gasteiger partial charge in [-0.05, 0) is 24.5 Å². The molecule has 0 fully saturated rings. The average molecular weight is 264 g/mol. The van der Waals surface area contributed by atoms with Gasteiger partial charge in [-0.2, -0.15) is 0 Å². The summed E-state index contributed by atoms with van der Waals surface area (Å²) in [6.45, 7) is 3.67. The Labute approximate surface area is 113 Å². The Morgan fingerprint density at radius 3 is 2.47 bits per heavy atom. The molecule has 5 nitrogen and oxygen atoms in total. The van der Waals surface area contributed by atoms with Crippen molar-refractivity contribution >= 4 is 23.3 Å². The molecule has 1 aromatic carbocycles. The van der Waals surface area contributed by atoms with E-state index in [1.54, 1.807) is 24.3 Å². The Balaban J connectivity index is 2.92. The van der Waals surface area contributed by atoms with E-state index in [2.05, 4.69) is 0 Å². The van der Waals surface area contributed by atoms with Crippen LogP contribution in [0.1, 0.15) is 26.7 Å². The SMILES string of the molecule is CC(C)CCC(=O)N(CC(=O)O)c1ccccc1N. The third-order valence-electron chi connectivity index (χ3n) is 2.76. The van der Waals surface area contributed by atoms with Gasteiger partial charge < -0.3 is 10.8 Å². The monoisotopic (exact) mass is 264 g/mol. The van der Waals surface area contributed by atoms with Gasteiger partial charge >= 0.3 is 5.97 Å². The van der Waals surface area contributed by atoms with E-state index in [0.29, 0.717) is 23.7 Å². The molecule has 5 heteroatoms. The molecule has 1 amide bonds. The third kappa shape index (κ3) is 4.62. The summed E-state index contributed by atoms with van der Waals surface area (Å²) in [5, 5.41) is 8.93. The molecule has 0 spiro atoms. The molecule has 0 saturated heterocycles. The number of hydrogen-bond acceptors (Lipinski definition) is 3. The molecule has 0 aliphatic heterocycles. The lowest BCUT2D eigenvalue weighted by molar-refractivity contribution is -0.136. The number of para-hydroxylation sites is 2. The van der Waals surface area contributed by atoms with Gasteiger partial charge in [0.25, 0.3) is 0 Å². The number of nitrogens with zero attached hydrogens (tertiary/aromatic N) is 1. The number of carboxylic acid groups (broad SMARTS) is 1. The number of carboxylic acids is 1. The van der Waals surface area contributed by atoms with Gasteiger partial charge in [-0.1, -0.05) is 26.0 Å². The van der Waals surface area contributed by atoms with Gasteiger partial charge in [0.1, 0.15) is 6.54 Å². The van der Waals surface area contributed by atoms with Gasteiger partial charge in [-0.15, -0.1) is 0 Å². The lowest BCUT2D eigenvalue weighted by Crippen LogP contribution is -2.36. The van der Waals surface area contributed by atoms with Crippen molar-refractivity contribution in [3.8, 4) is 0 Å². The van der Waals surface area contributed by atoms with Crippen molar-refractivity contribution < 1.29 is 14.7 Å². The summed E-state index contributed by atoms with van der Waals surface area (Å²) in [6.07, 6.45) is 1.04. The molecule has 0 heterocycles. The van der Waals surface area contributed by atoms with Crippen LogP contribution in [-0.4, -0.2) is 23.5 Å². The standard InChI is InChI=1S/C14H20N2O3/c1-10(2)7-8-13(17)16(9-14(18)19)12-6-4-3-5-11(12)15/h3-6,10H,7-9,15H2,1-2H3,(H,18,19). The van der Waals surface area contributed by atoms with Crippen LogP contribution in [0.2, 0.25) is 0 Å². The number of benzene rings is 1. The summed E-state index contributed by atoms with van der Waals surface area (Å²) in [5.41, 5.74) is 6.67. The zero-order valence-electron chi connectivity index (χ0n) is 11.3. The summed E-state index contributed by atoms with van der Waals surface area (Å²) in [7, 11) is 0. The molecular weight excluding hydrogens is 244 g/mol. The first kappa shape index (κ1) is 15.0. The fourth-order valence-corrected chi connectivity index (χ4v) is 1.72. The van der Waals surface area contributed by atoms with Crippen molar-refractivity contribution in [2.45, 2.75) is 26.7 Å². The van der Waals surface area contributed by atoms with E-state index in [1.807, 2.05) is 13.8 Å². The fourth-order valence-electron chi connectivity index (χ4n) is 1.72. The number of amides is 1. The van der Waals surface area contributed by atoms with Crippen LogP contribution in [0.25, 0.3) is 0 Å².